The van der Waals surface area contributed by atoms with Crippen molar-refractivity contribution in [2.75, 3.05) is 26.2 Å². The number of fused-ring (bicyclic) bond motifs is 1. The summed E-state index contributed by atoms with van der Waals surface area (Å²) in [6, 6.07) is 1.71. The largest absolute Gasteiger partial charge is 0.299 e. The van der Waals surface area contributed by atoms with Crippen molar-refractivity contribution in [3.8, 4) is 0 Å². The second-order valence-electron chi connectivity index (χ2n) is 7.17. The third-order valence-corrected chi connectivity index (χ3v) is 5.99. The summed E-state index contributed by atoms with van der Waals surface area (Å²) in [7, 11) is 0. The first-order valence-corrected chi connectivity index (χ1v) is 8.82. The van der Waals surface area contributed by atoms with Crippen molar-refractivity contribution < 1.29 is 0 Å². The molecule has 19 heavy (non-hydrogen) atoms. The molecule has 2 saturated heterocycles. The minimum atomic E-state index is 0.835. The molecule has 2 nitrogen and oxygen atoms in total. The van der Waals surface area contributed by atoms with Gasteiger partial charge in [0.2, 0.25) is 0 Å². The lowest BCUT2D eigenvalue weighted by Gasteiger charge is -2.39. The smallest absolute Gasteiger partial charge is 0.0223 e. The van der Waals surface area contributed by atoms with Gasteiger partial charge in [-0.1, -0.05) is 25.7 Å². The predicted octanol–water partition coefficient (Wildman–Crippen LogP) is 3.52. The maximum atomic E-state index is 2.85. The van der Waals surface area contributed by atoms with E-state index in [0.29, 0.717) is 0 Å². The Labute approximate surface area is 119 Å². The van der Waals surface area contributed by atoms with Gasteiger partial charge in [0.05, 0.1) is 0 Å². The normalized spacial score (nSPS) is 33.6. The summed E-state index contributed by atoms with van der Waals surface area (Å²) >= 11 is 0. The lowest BCUT2D eigenvalue weighted by molar-refractivity contribution is 0.0941. The van der Waals surface area contributed by atoms with Crippen LogP contribution in [0.5, 0.6) is 0 Å². The van der Waals surface area contributed by atoms with E-state index in [1.54, 1.807) is 0 Å². The van der Waals surface area contributed by atoms with E-state index in [-0.39, 0.29) is 0 Å². The fourth-order valence-electron chi connectivity index (χ4n) is 4.68. The van der Waals surface area contributed by atoms with Crippen molar-refractivity contribution >= 4 is 0 Å². The Morgan fingerprint density at radius 3 is 2.37 bits per heavy atom. The van der Waals surface area contributed by atoms with E-state index in [1.807, 2.05) is 0 Å². The van der Waals surface area contributed by atoms with E-state index in [2.05, 4.69) is 16.7 Å². The second-order valence-corrected chi connectivity index (χ2v) is 7.17. The molecule has 3 aliphatic rings. The van der Waals surface area contributed by atoms with Gasteiger partial charge in [-0.15, -0.1) is 0 Å². The Morgan fingerprint density at radius 1 is 0.789 bits per heavy atom. The molecule has 0 radical (unpaired) electrons. The third-order valence-electron chi connectivity index (χ3n) is 5.99. The Bertz CT molecular complexity index is 272. The van der Waals surface area contributed by atoms with Gasteiger partial charge in [0, 0.05) is 18.6 Å². The number of piperidine rings is 1. The molecule has 0 N–H and O–H groups in total. The van der Waals surface area contributed by atoms with Gasteiger partial charge in [-0.05, 0) is 64.6 Å². The number of hydrogen-bond donors (Lipinski definition) is 0. The van der Waals surface area contributed by atoms with Gasteiger partial charge in [-0.3, -0.25) is 9.80 Å². The van der Waals surface area contributed by atoms with E-state index in [9.17, 15) is 0 Å². The molecule has 0 amide bonds. The van der Waals surface area contributed by atoms with E-state index >= 15 is 0 Å². The lowest BCUT2D eigenvalue weighted by Crippen LogP contribution is -2.47. The summed E-state index contributed by atoms with van der Waals surface area (Å²) in [5.74, 6) is 0.990. The zero-order valence-electron chi connectivity index (χ0n) is 12.8. The van der Waals surface area contributed by atoms with Crippen molar-refractivity contribution in [3.63, 3.8) is 0 Å². The molecule has 0 aromatic rings. The highest BCUT2D eigenvalue weighted by Crippen LogP contribution is 2.30. The van der Waals surface area contributed by atoms with Gasteiger partial charge >= 0.3 is 0 Å². The minimum Gasteiger partial charge on any atom is -0.299 e. The van der Waals surface area contributed by atoms with Crippen molar-refractivity contribution in [1.82, 2.24) is 9.80 Å². The molecule has 0 bridgehead atoms. The topological polar surface area (TPSA) is 6.48 Å². The Kier molecular flexibility index (Phi) is 4.81. The monoisotopic (exact) mass is 264 g/mol. The average molecular weight is 264 g/mol. The maximum absolute atomic E-state index is 2.85. The zero-order chi connectivity index (χ0) is 13.1. The van der Waals surface area contributed by atoms with Gasteiger partial charge in [0.25, 0.3) is 0 Å². The molecule has 3 fully saturated rings. The summed E-state index contributed by atoms with van der Waals surface area (Å²) in [6.07, 6.45) is 13.2. The summed E-state index contributed by atoms with van der Waals surface area (Å²) in [4.78, 5) is 5.64. The summed E-state index contributed by atoms with van der Waals surface area (Å²) in [6.45, 7) is 7.96. The van der Waals surface area contributed by atoms with E-state index in [1.165, 1.54) is 84.0 Å². The molecule has 1 aliphatic carbocycles. The molecule has 1 saturated carbocycles. The SMILES string of the molecule is CC(C1CCCCC1)N1CCCN2CCCCC2C1. The quantitative estimate of drug-likeness (QED) is 0.753. The van der Waals surface area contributed by atoms with Gasteiger partial charge in [0.1, 0.15) is 0 Å². The molecule has 2 unspecified atom stereocenters. The van der Waals surface area contributed by atoms with E-state index in [0.717, 1.165) is 18.0 Å². The van der Waals surface area contributed by atoms with Crippen LogP contribution in [0, 0.1) is 5.92 Å². The van der Waals surface area contributed by atoms with Crippen molar-refractivity contribution in [1.29, 1.82) is 0 Å². The predicted molar refractivity (Wildman–Crippen MR) is 81.4 cm³/mol. The van der Waals surface area contributed by atoms with Crippen LogP contribution in [-0.2, 0) is 0 Å². The van der Waals surface area contributed by atoms with Crippen LogP contribution in [0.2, 0.25) is 0 Å². The lowest BCUT2D eigenvalue weighted by atomic mass is 9.83. The molecule has 110 valence electrons. The number of nitrogens with zero attached hydrogens (tertiary/aromatic N) is 2. The van der Waals surface area contributed by atoms with Crippen LogP contribution < -0.4 is 0 Å². The minimum absolute atomic E-state index is 0.835. The van der Waals surface area contributed by atoms with Crippen LogP contribution in [0.1, 0.15) is 64.7 Å². The van der Waals surface area contributed by atoms with Crippen LogP contribution in [0.4, 0.5) is 0 Å². The molecule has 0 aromatic carbocycles. The summed E-state index contributed by atoms with van der Waals surface area (Å²) in [5, 5.41) is 0. The van der Waals surface area contributed by atoms with Crippen LogP contribution in [-0.4, -0.2) is 48.1 Å². The molecule has 2 heteroatoms. The Morgan fingerprint density at radius 2 is 1.53 bits per heavy atom. The maximum Gasteiger partial charge on any atom is 0.0223 e. The van der Waals surface area contributed by atoms with E-state index < -0.39 is 0 Å². The van der Waals surface area contributed by atoms with Gasteiger partial charge in [-0.25, -0.2) is 0 Å². The van der Waals surface area contributed by atoms with Crippen molar-refractivity contribution in [3.05, 3.63) is 0 Å². The first kappa shape index (κ1) is 13.9. The molecule has 0 spiro atoms. The van der Waals surface area contributed by atoms with Crippen LogP contribution in [0.3, 0.4) is 0 Å². The van der Waals surface area contributed by atoms with Gasteiger partial charge in [-0.2, -0.15) is 0 Å². The van der Waals surface area contributed by atoms with Gasteiger partial charge < -0.3 is 0 Å². The summed E-state index contributed by atoms with van der Waals surface area (Å²) < 4.78 is 0. The second kappa shape index (κ2) is 6.58. The van der Waals surface area contributed by atoms with Crippen LogP contribution >= 0.6 is 0 Å². The highest BCUT2D eigenvalue weighted by molar-refractivity contribution is 4.87. The van der Waals surface area contributed by atoms with Crippen molar-refractivity contribution in [2.24, 2.45) is 5.92 Å². The zero-order valence-corrected chi connectivity index (χ0v) is 12.8. The third kappa shape index (κ3) is 3.33. The first-order chi connectivity index (χ1) is 9.34. The molecule has 2 heterocycles. The number of hydrogen-bond acceptors (Lipinski definition) is 2. The average Bonchev–Trinajstić information content (AvgIpc) is 2.69. The summed E-state index contributed by atoms with van der Waals surface area (Å²) in [5.41, 5.74) is 0. The molecular formula is C17H32N2. The molecule has 3 rings (SSSR count). The standard InChI is InChI=1S/C17H32N2/c1-15(16-8-3-2-4-9-16)19-13-7-12-18-11-6-5-10-17(18)14-19/h15-17H,2-14H2,1H3. The Hall–Kier alpha value is -0.0800. The molecule has 2 atom stereocenters. The van der Waals surface area contributed by atoms with Crippen LogP contribution in [0.15, 0.2) is 0 Å². The molecular weight excluding hydrogens is 232 g/mol. The van der Waals surface area contributed by atoms with Gasteiger partial charge in [0.15, 0.2) is 0 Å². The highest BCUT2D eigenvalue weighted by atomic mass is 15.3. The first-order valence-electron chi connectivity index (χ1n) is 8.82. The number of rotatable bonds is 2. The van der Waals surface area contributed by atoms with Crippen molar-refractivity contribution in [2.45, 2.75) is 76.8 Å². The Balaban J connectivity index is 1.59. The fraction of sp³-hybridized carbons (Fsp3) is 1.00. The molecule has 0 aromatic heterocycles. The van der Waals surface area contributed by atoms with Crippen LogP contribution in [0.25, 0.3) is 0 Å². The molecule has 2 aliphatic heterocycles. The van der Waals surface area contributed by atoms with E-state index in [4.69, 9.17) is 0 Å². The fourth-order valence-corrected chi connectivity index (χ4v) is 4.68. The highest BCUT2D eigenvalue weighted by Gasteiger charge is 2.31.